The van der Waals surface area contributed by atoms with E-state index in [4.69, 9.17) is 0 Å². The van der Waals surface area contributed by atoms with Gasteiger partial charge in [0.1, 0.15) is 5.69 Å². The zero-order chi connectivity index (χ0) is 13.6. The maximum atomic E-state index is 13.2. The average Bonchev–Trinajstić information content (AvgIpc) is 2.69. The lowest BCUT2D eigenvalue weighted by atomic mass is 10.1. The van der Waals surface area contributed by atoms with Gasteiger partial charge in [0.2, 0.25) is 5.88 Å². The monoisotopic (exact) mass is 265 g/mol. The molecule has 0 saturated carbocycles. The lowest BCUT2D eigenvalue weighted by Gasteiger charge is -2.23. The highest BCUT2D eigenvalue weighted by atomic mass is 19.2. The van der Waals surface area contributed by atoms with E-state index in [1.165, 1.54) is 17.3 Å². The van der Waals surface area contributed by atoms with Crippen LogP contribution in [-0.4, -0.2) is 21.5 Å². The maximum absolute atomic E-state index is 13.2. The molecule has 2 aromatic rings. The fourth-order valence-electron chi connectivity index (χ4n) is 1.97. The molecule has 0 atom stereocenters. The summed E-state index contributed by atoms with van der Waals surface area (Å²) in [6.45, 7) is 0.209. The summed E-state index contributed by atoms with van der Waals surface area (Å²) in [5.41, 5.74) is 1.13. The van der Waals surface area contributed by atoms with E-state index in [2.05, 4.69) is 9.98 Å². The number of aliphatic imine (C=N–C) groups is 1. The summed E-state index contributed by atoms with van der Waals surface area (Å²) in [7, 11) is 0. The number of benzene rings is 1. The summed E-state index contributed by atoms with van der Waals surface area (Å²) in [6.07, 6.45) is 1.38. The van der Waals surface area contributed by atoms with Crippen LogP contribution in [0.1, 0.15) is 5.56 Å². The van der Waals surface area contributed by atoms with E-state index in [-0.39, 0.29) is 18.3 Å². The molecule has 0 saturated heterocycles. The Morgan fingerprint density at radius 1 is 1.16 bits per heavy atom. The summed E-state index contributed by atoms with van der Waals surface area (Å²) in [6, 6.07) is 3.40. The number of rotatable bonds is 1. The highest BCUT2D eigenvalue weighted by molar-refractivity contribution is 5.86. The third kappa shape index (κ3) is 1.88. The van der Waals surface area contributed by atoms with Crippen molar-refractivity contribution in [1.29, 1.82) is 0 Å². The first-order valence-electron chi connectivity index (χ1n) is 5.44. The molecule has 1 aliphatic heterocycles. The molecule has 98 valence electrons. The van der Waals surface area contributed by atoms with E-state index in [9.17, 15) is 19.0 Å². The zero-order valence-electron chi connectivity index (χ0n) is 9.56. The first-order valence-corrected chi connectivity index (χ1v) is 5.44. The predicted molar refractivity (Wildman–Crippen MR) is 64.8 cm³/mol. The summed E-state index contributed by atoms with van der Waals surface area (Å²) in [4.78, 5) is 7.82. The fraction of sp³-hybridized carbons (Fsp3) is 0.0833. The molecule has 1 aromatic heterocycles. The van der Waals surface area contributed by atoms with Crippen molar-refractivity contribution in [1.82, 2.24) is 4.98 Å². The molecule has 3 rings (SSSR count). The molecular formula is C12H9F2N3O2. The van der Waals surface area contributed by atoms with Gasteiger partial charge in [0.15, 0.2) is 17.5 Å². The second-order valence-electron chi connectivity index (χ2n) is 4.16. The molecule has 0 fully saturated rings. The van der Waals surface area contributed by atoms with Crippen LogP contribution in [0.25, 0.3) is 0 Å². The fourth-order valence-corrected chi connectivity index (χ4v) is 1.97. The number of halogens is 2. The van der Waals surface area contributed by atoms with Crippen molar-refractivity contribution in [2.45, 2.75) is 6.54 Å². The normalized spacial score (nSPS) is 13.7. The van der Waals surface area contributed by atoms with E-state index in [1.807, 2.05) is 0 Å². The van der Waals surface area contributed by atoms with Crippen LogP contribution in [-0.2, 0) is 6.54 Å². The molecule has 0 radical (unpaired) electrons. The minimum atomic E-state index is -0.952. The molecular weight excluding hydrogens is 256 g/mol. The molecule has 3 N–H and O–H groups in total. The van der Waals surface area contributed by atoms with E-state index in [0.717, 1.165) is 12.1 Å². The lowest BCUT2D eigenvalue weighted by molar-refractivity contribution is 0.425. The van der Waals surface area contributed by atoms with E-state index in [1.54, 1.807) is 0 Å². The lowest BCUT2D eigenvalue weighted by Crippen LogP contribution is -2.23. The minimum Gasteiger partial charge on any atom is -0.494 e. The number of aromatic hydroxyl groups is 2. The zero-order valence-corrected chi connectivity index (χ0v) is 9.56. The van der Waals surface area contributed by atoms with Crippen molar-refractivity contribution in [3.05, 3.63) is 35.4 Å². The Labute approximate surface area is 106 Å². The van der Waals surface area contributed by atoms with Crippen molar-refractivity contribution in [3.8, 4) is 11.8 Å². The molecule has 0 bridgehead atoms. The Balaban J connectivity index is 1.99. The van der Waals surface area contributed by atoms with Crippen molar-refractivity contribution in [2.75, 3.05) is 4.90 Å². The van der Waals surface area contributed by atoms with Crippen LogP contribution in [0.15, 0.2) is 23.2 Å². The Hall–Kier alpha value is -2.57. The first-order chi connectivity index (χ1) is 9.04. The molecule has 0 unspecified atom stereocenters. The SMILES string of the molecule is Oc1cc(N2C=Nc3cc(F)c(F)cc3C2)c(O)[nH]1. The molecule has 7 heteroatoms. The van der Waals surface area contributed by atoms with Crippen LogP contribution >= 0.6 is 0 Å². The van der Waals surface area contributed by atoms with Gasteiger partial charge in [-0.15, -0.1) is 0 Å². The Morgan fingerprint density at radius 3 is 2.58 bits per heavy atom. The Kier molecular flexibility index (Phi) is 2.41. The van der Waals surface area contributed by atoms with E-state index in [0.29, 0.717) is 16.9 Å². The Bertz CT molecular complexity index is 682. The van der Waals surface area contributed by atoms with Gasteiger partial charge in [-0.1, -0.05) is 0 Å². The van der Waals surface area contributed by atoms with Gasteiger partial charge < -0.3 is 15.1 Å². The third-order valence-electron chi connectivity index (χ3n) is 2.87. The number of nitrogens with zero attached hydrogens (tertiary/aromatic N) is 2. The average molecular weight is 265 g/mol. The minimum absolute atomic E-state index is 0.197. The standard InChI is InChI=1S/C12H9F2N3O2/c13-7-1-6-4-17(5-15-9(6)2-8(7)14)10-3-11(18)16-12(10)19/h1-3,5,16,18-19H,4H2. The molecule has 0 aliphatic carbocycles. The van der Waals surface area contributed by atoms with Crippen molar-refractivity contribution in [3.63, 3.8) is 0 Å². The smallest absolute Gasteiger partial charge is 0.215 e. The van der Waals surface area contributed by atoms with E-state index < -0.39 is 11.6 Å². The number of hydrogen-bond donors (Lipinski definition) is 3. The van der Waals surface area contributed by atoms with Crippen LogP contribution in [0.4, 0.5) is 20.2 Å². The third-order valence-corrected chi connectivity index (χ3v) is 2.87. The number of aromatic amines is 1. The number of H-pyrrole nitrogens is 1. The molecule has 1 aromatic carbocycles. The molecule has 2 heterocycles. The largest absolute Gasteiger partial charge is 0.494 e. The second-order valence-corrected chi connectivity index (χ2v) is 4.16. The van der Waals surface area contributed by atoms with Crippen molar-refractivity contribution in [2.24, 2.45) is 4.99 Å². The van der Waals surface area contributed by atoms with Gasteiger partial charge in [-0.3, -0.25) is 4.98 Å². The molecule has 1 aliphatic rings. The van der Waals surface area contributed by atoms with Crippen molar-refractivity contribution < 1.29 is 19.0 Å². The van der Waals surface area contributed by atoms with Gasteiger partial charge in [-0.05, 0) is 6.07 Å². The maximum Gasteiger partial charge on any atom is 0.215 e. The van der Waals surface area contributed by atoms with Crippen LogP contribution in [0.2, 0.25) is 0 Å². The van der Waals surface area contributed by atoms with Crippen LogP contribution in [0.5, 0.6) is 11.8 Å². The van der Waals surface area contributed by atoms with Gasteiger partial charge >= 0.3 is 0 Å². The first kappa shape index (κ1) is 11.5. The highest BCUT2D eigenvalue weighted by Gasteiger charge is 2.20. The van der Waals surface area contributed by atoms with Crippen LogP contribution in [0.3, 0.4) is 0 Å². The molecule has 0 spiro atoms. The van der Waals surface area contributed by atoms with Gasteiger partial charge in [0.25, 0.3) is 0 Å². The summed E-state index contributed by atoms with van der Waals surface area (Å²) in [5, 5.41) is 18.8. The van der Waals surface area contributed by atoms with E-state index >= 15 is 0 Å². The van der Waals surface area contributed by atoms with Crippen molar-refractivity contribution >= 4 is 17.7 Å². The van der Waals surface area contributed by atoms with Gasteiger partial charge in [-0.25, -0.2) is 13.8 Å². The number of nitrogens with one attached hydrogen (secondary N) is 1. The number of anilines is 1. The van der Waals surface area contributed by atoms with Gasteiger partial charge in [0, 0.05) is 17.7 Å². The van der Waals surface area contributed by atoms with Crippen LogP contribution < -0.4 is 4.90 Å². The summed E-state index contributed by atoms with van der Waals surface area (Å²) < 4.78 is 26.2. The van der Waals surface area contributed by atoms with Gasteiger partial charge in [0.05, 0.1) is 18.6 Å². The van der Waals surface area contributed by atoms with Gasteiger partial charge in [-0.2, -0.15) is 0 Å². The molecule has 5 nitrogen and oxygen atoms in total. The topological polar surface area (TPSA) is 71.8 Å². The molecule has 0 amide bonds. The Morgan fingerprint density at radius 2 is 1.89 bits per heavy atom. The number of hydrogen-bond acceptors (Lipinski definition) is 4. The summed E-state index contributed by atoms with van der Waals surface area (Å²) in [5.74, 6) is -2.32. The number of fused-ring (bicyclic) bond motifs is 1. The predicted octanol–water partition coefficient (Wildman–Crippen LogP) is 2.38. The molecule has 19 heavy (non-hydrogen) atoms. The summed E-state index contributed by atoms with van der Waals surface area (Å²) >= 11 is 0. The highest BCUT2D eigenvalue weighted by Crippen LogP contribution is 2.35. The quantitative estimate of drug-likeness (QED) is 0.741. The van der Waals surface area contributed by atoms with Crippen LogP contribution in [0, 0.1) is 11.6 Å². The second kappa shape index (κ2) is 3.98. The number of aromatic nitrogens is 1.